The minimum absolute atomic E-state index is 0.0918. The first-order chi connectivity index (χ1) is 9.88. The van der Waals surface area contributed by atoms with E-state index in [2.05, 4.69) is 0 Å². The highest BCUT2D eigenvalue weighted by atomic mass is 32.2. The number of amides is 1. The third-order valence-corrected chi connectivity index (χ3v) is 5.45. The summed E-state index contributed by atoms with van der Waals surface area (Å²) in [6.07, 6.45) is 1.70. The Morgan fingerprint density at radius 3 is 2.33 bits per heavy atom. The standard InChI is InChI=1S/C15H21NO4S/c1-12(20-13-6-4-3-5-7-13)15(17)16-10-8-14(9-11-16)21(2,18)19/h3-7,12,14H,8-11H2,1-2H3. The van der Waals surface area contributed by atoms with E-state index in [-0.39, 0.29) is 11.2 Å². The molecule has 0 aliphatic carbocycles. The molecule has 0 saturated carbocycles. The van der Waals surface area contributed by atoms with E-state index in [1.807, 2.05) is 18.2 Å². The van der Waals surface area contributed by atoms with Gasteiger partial charge in [-0.25, -0.2) is 8.42 Å². The lowest BCUT2D eigenvalue weighted by molar-refractivity contribution is -0.138. The number of carbonyl (C=O) groups excluding carboxylic acids is 1. The molecular weight excluding hydrogens is 290 g/mol. The third kappa shape index (κ3) is 4.20. The zero-order valence-electron chi connectivity index (χ0n) is 12.4. The molecule has 6 heteroatoms. The number of benzene rings is 1. The van der Waals surface area contributed by atoms with E-state index in [4.69, 9.17) is 4.74 Å². The molecule has 5 nitrogen and oxygen atoms in total. The van der Waals surface area contributed by atoms with Crippen LogP contribution in [0.1, 0.15) is 19.8 Å². The van der Waals surface area contributed by atoms with Gasteiger partial charge in [0.25, 0.3) is 5.91 Å². The molecule has 0 bridgehead atoms. The van der Waals surface area contributed by atoms with Crippen LogP contribution < -0.4 is 4.74 Å². The average molecular weight is 311 g/mol. The van der Waals surface area contributed by atoms with Crippen molar-refractivity contribution in [2.75, 3.05) is 19.3 Å². The quantitative estimate of drug-likeness (QED) is 0.845. The molecule has 0 radical (unpaired) electrons. The Morgan fingerprint density at radius 1 is 1.24 bits per heavy atom. The van der Waals surface area contributed by atoms with Crippen LogP contribution in [0.4, 0.5) is 0 Å². The molecule has 1 aromatic carbocycles. The molecule has 1 aromatic rings. The molecule has 1 saturated heterocycles. The van der Waals surface area contributed by atoms with Gasteiger partial charge in [0.2, 0.25) is 0 Å². The number of hydrogen-bond donors (Lipinski definition) is 0. The molecule has 1 aliphatic rings. The first kappa shape index (κ1) is 15.8. The molecule has 1 heterocycles. The zero-order chi connectivity index (χ0) is 15.5. The summed E-state index contributed by atoms with van der Waals surface area (Å²) in [4.78, 5) is 14.0. The molecule has 1 unspecified atom stereocenters. The van der Waals surface area contributed by atoms with Crippen LogP contribution >= 0.6 is 0 Å². The summed E-state index contributed by atoms with van der Waals surface area (Å²) in [5, 5.41) is -0.327. The Morgan fingerprint density at radius 2 is 1.81 bits per heavy atom. The topological polar surface area (TPSA) is 63.7 Å². The fourth-order valence-corrected chi connectivity index (χ4v) is 3.58. The summed E-state index contributed by atoms with van der Waals surface area (Å²) < 4.78 is 28.6. The molecular formula is C15H21NO4S. The smallest absolute Gasteiger partial charge is 0.263 e. The van der Waals surface area contributed by atoms with Crippen molar-refractivity contribution in [3.05, 3.63) is 30.3 Å². The molecule has 0 spiro atoms. The van der Waals surface area contributed by atoms with Gasteiger partial charge >= 0.3 is 0 Å². The number of piperidine rings is 1. The Labute approximate surface area is 125 Å². The van der Waals surface area contributed by atoms with Crippen molar-refractivity contribution in [3.63, 3.8) is 0 Å². The Balaban J connectivity index is 1.90. The summed E-state index contributed by atoms with van der Waals surface area (Å²) >= 11 is 0. The van der Waals surface area contributed by atoms with Gasteiger partial charge in [0.15, 0.2) is 6.10 Å². The van der Waals surface area contributed by atoms with E-state index in [1.54, 1.807) is 24.0 Å². The van der Waals surface area contributed by atoms with Crippen molar-refractivity contribution in [2.24, 2.45) is 0 Å². The van der Waals surface area contributed by atoms with Crippen LogP contribution in [0.3, 0.4) is 0 Å². The van der Waals surface area contributed by atoms with E-state index in [9.17, 15) is 13.2 Å². The highest BCUT2D eigenvalue weighted by Crippen LogP contribution is 2.19. The van der Waals surface area contributed by atoms with Gasteiger partial charge in [0.05, 0.1) is 5.25 Å². The minimum atomic E-state index is -3.01. The van der Waals surface area contributed by atoms with Gasteiger partial charge in [0, 0.05) is 19.3 Å². The van der Waals surface area contributed by atoms with E-state index < -0.39 is 15.9 Å². The van der Waals surface area contributed by atoms with Gasteiger partial charge in [-0.2, -0.15) is 0 Å². The fourth-order valence-electron chi connectivity index (χ4n) is 2.52. The molecule has 2 rings (SSSR count). The van der Waals surface area contributed by atoms with E-state index in [0.29, 0.717) is 31.7 Å². The molecule has 1 amide bonds. The molecule has 0 aromatic heterocycles. The Bertz CT molecular complexity index is 577. The fraction of sp³-hybridized carbons (Fsp3) is 0.533. The number of sulfone groups is 1. The molecule has 116 valence electrons. The first-order valence-corrected chi connectivity index (χ1v) is 9.03. The summed E-state index contributed by atoms with van der Waals surface area (Å²) in [5.41, 5.74) is 0. The molecule has 1 aliphatic heterocycles. The monoisotopic (exact) mass is 311 g/mol. The summed E-state index contributed by atoms with van der Waals surface area (Å²) in [7, 11) is -3.01. The Kier molecular flexibility index (Phi) is 4.88. The second-order valence-corrected chi connectivity index (χ2v) is 7.75. The van der Waals surface area contributed by atoms with Gasteiger partial charge in [-0.05, 0) is 31.9 Å². The van der Waals surface area contributed by atoms with Crippen molar-refractivity contribution < 1.29 is 17.9 Å². The maximum absolute atomic E-state index is 12.3. The van der Waals surface area contributed by atoms with E-state index in [0.717, 1.165) is 0 Å². The number of nitrogens with zero attached hydrogens (tertiary/aromatic N) is 1. The normalized spacial score (nSPS) is 18.3. The number of ether oxygens (including phenoxy) is 1. The molecule has 1 atom stereocenters. The largest absolute Gasteiger partial charge is 0.481 e. The molecule has 1 fully saturated rings. The van der Waals surface area contributed by atoms with Crippen LogP contribution in [0, 0.1) is 0 Å². The SMILES string of the molecule is CC(Oc1ccccc1)C(=O)N1CCC(S(C)(=O)=O)CC1. The number of para-hydroxylation sites is 1. The summed E-state index contributed by atoms with van der Waals surface area (Å²) in [6, 6.07) is 9.20. The number of likely N-dealkylation sites (tertiary alicyclic amines) is 1. The van der Waals surface area contributed by atoms with Crippen molar-refractivity contribution >= 4 is 15.7 Å². The van der Waals surface area contributed by atoms with Crippen LogP contribution in [-0.2, 0) is 14.6 Å². The Hall–Kier alpha value is -1.56. The van der Waals surface area contributed by atoms with Gasteiger partial charge in [0.1, 0.15) is 15.6 Å². The third-order valence-electron chi connectivity index (χ3n) is 3.76. The average Bonchev–Trinajstić information content (AvgIpc) is 2.46. The van der Waals surface area contributed by atoms with Gasteiger partial charge in [-0.15, -0.1) is 0 Å². The molecule has 21 heavy (non-hydrogen) atoms. The van der Waals surface area contributed by atoms with Crippen molar-refractivity contribution in [3.8, 4) is 5.75 Å². The maximum Gasteiger partial charge on any atom is 0.263 e. The van der Waals surface area contributed by atoms with Gasteiger partial charge < -0.3 is 9.64 Å². The highest BCUT2D eigenvalue weighted by Gasteiger charge is 2.30. The lowest BCUT2D eigenvalue weighted by atomic mass is 10.1. The van der Waals surface area contributed by atoms with E-state index in [1.165, 1.54) is 6.26 Å². The molecule has 0 N–H and O–H groups in total. The van der Waals surface area contributed by atoms with Gasteiger partial charge in [-0.1, -0.05) is 18.2 Å². The maximum atomic E-state index is 12.3. The van der Waals surface area contributed by atoms with Crippen molar-refractivity contribution in [2.45, 2.75) is 31.1 Å². The lowest BCUT2D eigenvalue weighted by Gasteiger charge is -2.32. The van der Waals surface area contributed by atoms with Crippen LogP contribution in [0.25, 0.3) is 0 Å². The number of carbonyl (C=O) groups is 1. The van der Waals surface area contributed by atoms with Crippen molar-refractivity contribution in [1.82, 2.24) is 4.90 Å². The number of hydrogen-bond acceptors (Lipinski definition) is 4. The van der Waals surface area contributed by atoms with Crippen LogP contribution in [-0.4, -0.2) is 49.9 Å². The lowest BCUT2D eigenvalue weighted by Crippen LogP contribution is -2.47. The first-order valence-electron chi connectivity index (χ1n) is 7.07. The number of rotatable bonds is 4. The minimum Gasteiger partial charge on any atom is -0.481 e. The van der Waals surface area contributed by atoms with Crippen LogP contribution in [0.2, 0.25) is 0 Å². The summed E-state index contributed by atoms with van der Waals surface area (Å²) in [5.74, 6) is 0.565. The van der Waals surface area contributed by atoms with E-state index >= 15 is 0 Å². The van der Waals surface area contributed by atoms with Crippen LogP contribution in [0.5, 0.6) is 5.75 Å². The van der Waals surface area contributed by atoms with Crippen molar-refractivity contribution in [1.29, 1.82) is 0 Å². The second kappa shape index (κ2) is 6.47. The summed E-state index contributed by atoms with van der Waals surface area (Å²) in [6.45, 7) is 2.66. The predicted octanol–water partition coefficient (Wildman–Crippen LogP) is 1.49. The second-order valence-electron chi connectivity index (χ2n) is 5.43. The van der Waals surface area contributed by atoms with Gasteiger partial charge in [-0.3, -0.25) is 4.79 Å². The predicted molar refractivity (Wildman–Crippen MR) is 81.0 cm³/mol. The zero-order valence-corrected chi connectivity index (χ0v) is 13.2. The highest BCUT2D eigenvalue weighted by molar-refractivity contribution is 7.91. The van der Waals surface area contributed by atoms with Crippen LogP contribution in [0.15, 0.2) is 30.3 Å².